The Morgan fingerprint density at radius 1 is 1.50 bits per heavy atom. The van der Waals surface area contributed by atoms with Crippen LogP contribution < -0.4 is 10.5 Å². The van der Waals surface area contributed by atoms with Gasteiger partial charge in [-0.2, -0.15) is 0 Å². The third kappa shape index (κ3) is 3.25. The molecule has 1 fully saturated rings. The minimum Gasteiger partial charge on any atom is -0.497 e. The lowest BCUT2D eigenvalue weighted by Crippen LogP contribution is -2.47. The summed E-state index contributed by atoms with van der Waals surface area (Å²) in [6.45, 7) is 5.27. The highest BCUT2D eigenvalue weighted by atomic mass is 79.9. The number of ether oxygens (including phenoxy) is 1. The second kappa shape index (κ2) is 6.04. The summed E-state index contributed by atoms with van der Waals surface area (Å²) in [4.78, 5) is 2.42. The molecule has 3 nitrogen and oxygen atoms in total. The topological polar surface area (TPSA) is 38.5 Å². The number of nitrogens with zero attached hydrogens (tertiary/aromatic N) is 1. The molecule has 18 heavy (non-hydrogen) atoms. The van der Waals surface area contributed by atoms with E-state index < -0.39 is 0 Å². The van der Waals surface area contributed by atoms with E-state index in [0.717, 1.165) is 29.9 Å². The highest BCUT2D eigenvalue weighted by Gasteiger charge is 2.23. The van der Waals surface area contributed by atoms with Crippen molar-refractivity contribution in [2.45, 2.75) is 25.9 Å². The molecule has 4 heteroatoms. The minimum atomic E-state index is 0.295. The quantitative estimate of drug-likeness (QED) is 0.932. The number of benzene rings is 1. The maximum atomic E-state index is 6.14. The lowest BCUT2D eigenvalue weighted by atomic mass is 9.94. The Morgan fingerprint density at radius 2 is 2.28 bits per heavy atom. The second-order valence-corrected chi connectivity index (χ2v) is 5.98. The van der Waals surface area contributed by atoms with E-state index in [0.29, 0.717) is 12.0 Å². The van der Waals surface area contributed by atoms with E-state index in [9.17, 15) is 0 Å². The summed E-state index contributed by atoms with van der Waals surface area (Å²) in [5.74, 6) is 1.54. The fourth-order valence-corrected chi connectivity index (χ4v) is 2.73. The number of rotatable bonds is 3. The Morgan fingerprint density at radius 3 is 2.94 bits per heavy atom. The van der Waals surface area contributed by atoms with Gasteiger partial charge in [0.1, 0.15) is 5.75 Å². The van der Waals surface area contributed by atoms with Crippen molar-refractivity contribution < 1.29 is 4.74 Å². The van der Waals surface area contributed by atoms with Crippen molar-refractivity contribution in [1.82, 2.24) is 4.90 Å². The Balaban J connectivity index is 2.05. The van der Waals surface area contributed by atoms with Crippen LogP contribution in [0.1, 0.15) is 18.9 Å². The van der Waals surface area contributed by atoms with Gasteiger partial charge in [0.05, 0.1) is 7.11 Å². The summed E-state index contributed by atoms with van der Waals surface area (Å²) in [7, 11) is 1.70. The van der Waals surface area contributed by atoms with Crippen molar-refractivity contribution >= 4 is 15.9 Å². The van der Waals surface area contributed by atoms with Crippen LogP contribution in [0.4, 0.5) is 0 Å². The third-order valence-electron chi connectivity index (χ3n) is 3.75. The molecule has 0 spiro atoms. The van der Waals surface area contributed by atoms with Crippen molar-refractivity contribution in [3.8, 4) is 5.75 Å². The number of hydrogen-bond donors (Lipinski definition) is 1. The monoisotopic (exact) mass is 312 g/mol. The van der Waals surface area contributed by atoms with Gasteiger partial charge in [-0.25, -0.2) is 0 Å². The van der Waals surface area contributed by atoms with E-state index in [1.165, 1.54) is 12.0 Å². The number of likely N-dealkylation sites (tertiary alicyclic amines) is 1. The molecule has 0 radical (unpaired) electrons. The van der Waals surface area contributed by atoms with Crippen LogP contribution in [0.25, 0.3) is 0 Å². The molecule has 1 aliphatic heterocycles. The zero-order chi connectivity index (χ0) is 13.1. The van der Waals surface area contributed by atoms with Gasteiger partial charge in [-0.05, 0) is 42.6 Å². The van der Waals surface area contributed by atoms with Crippen molar-refractivity contribution in [3.05, 3.63) is 28.2 Å². The largest absolute Gasteiger partial charge is 0.497 e. The van der Waals surface area contributed by atoms with Crippen LogP contribution in [-0.2, 0) is 6.54 Å². The Bertz CT molecular complexity index is 411. The van der Waals surface area contributed by atoms with Crippen LogP contribution in [-0.4, -0.2) is 31.1 Å². The van der Waals surface area contributed by atoms with Gasteiger partial charge >= 0.3 is 0 Å². The van der Waals surface area contributed by atoms with Crippen LogP contribution >= 0.6 is 15.9 Å². The van der Waals surface area contributed by atoms with E-state index in [4.69, 9.17) is 10.5 Å². The molecule has 0 saturated carbocycles. The summed E-state index contributed by atoms with van der Waals surface area (Å²) in [5.41, 5.74) is 7.40. The first-order valence-electron chi connectivity index (χ1n) is 6.40. The molecule has 1 aliphatic rings. The summed E-state index contributed by atoms with van der Waals surface area (Å²) in [5, 5.41) is 0. The molecule has 2 atom stereocenters. The standard InChI is InChI=1S/C14H21BrN2O/c1-10-5-6-17(9-14(10)16)8-11-7-12(18-2)3-4-13(11)15/h3-4,7,10,14H,5-6,8-9,16H2,1-2H3. The molecule has 100 valence electrons. The molecular weight excluding hydrogens is 292 g/mol. The molecule has 1 aromatic rings. The van der Waals surface area contributed by atoms with E-state index >= 15 is 0 Å². The molecule has 0 aromatic heterocycles. The maximum Gasteiger partial charge on any atom is 0.119 e. The van der Waals surface area contributed by atoms with Crippen molar-refractivity contribution in [2.75, 3.05) is 20.2 Å². The smallest absolute Gasteiger partial charge is 0.119 e. The summed E-state index contributed by atoms with van der Waals surface area (Å²) in [6.07, 6.45) is 1.18. The van der Waals surface area contributed by atoms with Crippen LogP contribution in [0.3, 0.4) is 0 Å². The first-order chi connectivity index (χ1) is 8.60. The second-order valence-electron chi connectivity index (χ2n) is 5.12. The van der Waals surface area contributed by atoms with Gasteiger partial charge in [-0.1, -0.05) is 22.9 Å². The first-order valence-corrected chi connectivity index (χ1v) is 7.20. The summed E-state index contributed by atoms with van der Waals surface area (Å²) < 4.78 is 6.41. The van der Waals surface area contributed by atoms with Crippen LogP contribution in [0.2, 0.25) is 0 Å². The van der Waals surface area contributed by atoms with E-state index in [2.05, 4.69) is 33.8 Å². The van der Waals surface area contributed by atoms with Gasteiger partial charge in [0, 0.05) is 23.6 Å². The normalized spacial score (nSPS) is 25.1. The summed E-state index contributed by atoms with van der Waals surface area (Å²) >= 11 is 3.60. The molecule has 1 heterocycles. The van der Waals surface area contributed by atoms with E-state index in [-0.39, 0.29) is 0 Å². The van der Waals surface area contributed by atoms with Gasteiger partial charge in [0.25, 0.3) is 0 Å². The van der Waals surface area contributed by atoms with Crippen LogP contribution in [0.15, 0.2) is 22.7 Å². The molecular formula is C14H21BrN2O. The zero-order valence-corrected chi connectivity index (χ0v) is 12.6. The number of piperidine rings is 1. The van der Waals surface area contributed by atoms with Gasteiger partial charge in [-0.3, -0.25) is 4.90 Å². The molecule has 2 rings (SSSR count). The Kier molecular flexibility index (Phi) is 4.65. The molecule has 0 amide bonds. The van der Waals surface area contributed by atoms with Gasteiger partial charge in [0.2, 0.25) is 0 Å². The highest BCUT2D eigenvalue weighted by Crippen LogP contribution is 2.25. The first kappa shape index (κ1) is 13.8. The summed E-state index contributed by atoms with van der Waals surface area (Å²) in [6, 6.07) is 6.40. The average molecular weight is 313 g/mol. The molecule has 0 aliphatic carbocycles. The van der Waals surface area contributed by atoms with E-state index in [1.54, 1.807) is 7.11 Å². The predicted octanol–water partition coefficient (Wildman–Crippen LogP) is 2.63. The Hall–Kier alpha value is -0.580. The van der Waals surface area contributed by atoms with Crippen molar-refractivity contribution in [3.63, 3.8) is 0 Å². The lowest BCUT2D eigenvalue weighted by molar-refractivity contribution is 0.162. The van der Waals surface area contributed by atoms with Crippen LogP contribution in [0, 0.1) is 5.92 Å². The molecule has 2 unspecified atom stereocenters. The molecule has 0 bridgehead atoms. The van der Waals surface area contributed by atoms with Crippen LogP contribution in [0.5, 0.6) is 5.75 Å². The highest BCUT2D eigenvalue weighted by molar-refractivity contribution is 9.10. The predicted molar refractivity (Wildman–Crippen MR) is 77.7 cm³/mol. The fourth-order valence-electron chi connectivity index (χ4n) is 2.35. The molecule has 1 aromatic carbocycles. The minimum absolute atomic E-state index is 0.295. The lowest BCUT2D eigenvalue weighted by Gasteiger charge is -2.35. The van der Waals surface area contributed by atoms with Gasteiger partial charge in [-0.15, -0.1) is 0 Å². The molecule has 2 N–H and O–H groups in total. The van der Waals surface area contributed by atoms with E-state index in [1.807, 2.05) is 12.1 Å². The number of halogens is 1. The van der Waals surface area contributed by atoms with Gasteiger partial charge < -0.3 is 10.5 Å². The maximum absolute atomic E-state index is 6.14. The number of methoxy groups -OCH3 is 1. The van der Waals surface area contributed by atoms with Crippen molar-refractivity contribution in [2.24, 2.45) is 11.7 Å². The Labute approximate surface area is 117 Å². The fraction of sp³-hybridized carbons (Fsp3) is 0.571. The number of nitrogens with two attached hydrogens (primary N) is 1. The number of hydrogen-bond acceptors (Lipinski definition) is 3. The van der Waals surface area contributed by atoms with Crippen molar-refractivity contribution in [1.29, 1.82) is 0 Å². The average Bonchev–Trinajstić information content (AvgIpc) is 2.36. The van der Waals surface area contributed by atoms with Gasteiger partial charge in [0.15, 0.2) is 0 Å². The SMILES string of the molecule is COc1ccc(Br)c(CN2CCC(C)C(N)C2)c1. The molecule has 1 saturated heterocycles. The third-order valence-corrected chi connectivity index (χ3v) is 4.52. The zero-order valence-electron chi connectivity index (χ0n) is 11.0.